The first-order valence-electron chi connectivity index (χ1n) is 25.9. The molecule has 0 bridgehead atoms. The summed E-state index contributed by atoms with van der Waals surface area (Å²) in [5.74, 6) is 0.824. The molecular formula is C64H102O8Y2. The molecule has 0 aliphatic carbocycles. The van der Waals surface area contributed by atoms with Gasteiger partial charge in [-0.05, 0) is 69.0 Å². The van der Waals surface area contributed by atoms with E-state index in [4.69, 9.17) is 9.47 Å². The Kier molecular flexibility index (Phi) is 34.3. The van der Waals surface area contributed by atoms with Crippen LogP contribution in [0.4, 0.5) is 0 Å². The Morgan fingerprint density at radius 1 is 0.257 bits per heavy atom. The van der Waals surface area contributed by atoms with E-state index in [1.54, 1.807) is 0 Å². The van der Waals surface area contributed by atoms with E-state index in [1.165, 1.54) is 25.7 Å². The van der Waals surface area contributed by atoms with Gasteiger partial charge in [0.1, 0.15) is 0 Å². The van der Waals surface area contributed by atoms with Gasteiger partial charge in [0, 0.05) is 26.4 Å². The Bertz CT molecular complexity index is 1740. The molecule has 0 unspecified atom stereocenters. The summed E-state index contributed by atoms with van der Waals surface area (Å²) in [4.78, 5) is 0. The van der Waals surface area contributed by atoms with Gasteiger partial charge in [-0.1, -0.05) is 283 Å². The second kappa shape index (κ2) is 32.3. The fraction of sp³-hybridized carbons (Fsp3) is 0.625. The molecule has 0 amide bonds. The minimum absolute atomic E-state index is 0. The molecule has 4 aromatic rings. The summed E-state index contributed by atoms with van der Waals surface area (Å²) in [5.41, 5.74) is 6.73. The smallest absolute Gasteiger partial charge is 0.872 e. The summed E-state index contributed by atoms with van der Waals surface area (Å²) in [5, 5.41) is 49.0. The van der Waals surface area contributed by atoms with Crippen molar-refractivity contribution < 1.29 is 106 Å². The number of hydrogen-bond donors (Lipinski definition) is 0. The molecule has 0 spiro atoms. The molecule has 2 aliphatic heterocycles. The van der Waals surface area contributed by atoms with E-state index in [-0.39, 0.29) is 143 Å². The summed E-state index contributed by atoms with van der Waals surface area (Å²) >= 11 is 0. The van der Waals surface area contributed by atoms with Crippen molar-refractivity contribution in [2.45, 2.75) is 235 Å². The zero-order valence-corrected chi connectivity index (χ0v) is 56.8. The van der Waals surface area contributed by atoms with Gasteiger partial charge in [0.2, 0.25) is 0 Å². The molecule has 0 radical (unpaired) electrons. The quantitative estimate of drug-likeness (QED) is 0.167. The fourth-order valence-electron chi connectivity index (χ4n) is 7.89. The topological polar surface area (TPSA) is 171 Å². The van der Waals surface area contributed by atoms with Crippen molar-refractivity contribution in [2.75, 3.05) is 26.4 Å². The van der Waals surface area contributed by atoms with Crippen molar-refractivity contribution in [1.29, 1.82) is 0 Å². The molecule has 4 aromatic carbocycles. The summed E-state index contributed by atoms with van der Waals surface area (Å²) in [6, 6.07) is 23.5. The van der Waals surface area contributed by atoms with Crippen LogP contribution in [0.25, 0.3) is 0 Å². The predicted molar refractivity (Wildman–Crippen MR) is 297 cm³/mol. The van der Waals surface area contributed by atoms with Crippen molar-refractivity contribution in [3.05, 3.63) is 117 Å². The molecule has 2 N–H and O–H groups in total. The summed E-state index contributed by atoms with van der Waals surface area (Å²) in [6.07, 6.45) is 5.11. The van der Waals surface area contributed by atoms with Gasteiger partial charge in [0.15, 0.2) is 0 Å². The van der Waals surface area contributed by atoms with E-state index in [0.29, 0.717) is 0 Å². The van der Waals surface area contributed by atoms with Crippen LogP contribution in [0.5, 0.6) is 23.0 Å². The maximum atomic E-state index is 12.3. The maximum Gasteiger partial charge on any atom is 3.00 e. The van der Waals surface area contributed by atoms with Crippen LogP contribution in [0.2, 0.25) is 0 Å². The van der Waals surface area contributed by atoms with E-state index in [1.807, 2.05) is 72.8 Å². The van der Waals surface area contributed by atoms with Gasteiger partial charge < -0.3 is 40.9 Å². The van der Waals surface area contributed by atoms with Crippen LogP contribution in [0.3, 0.4) is 0 Å². The van der Waals surface area contributed by atoms with Crippen LogP contribution < -0.4 is 20.4 Å². The third-order valence-electron chi connectivity index (χ3n) is 12.2. The Morgan fingerprint density at radius 2 is 0.365 bits per heavy atom. The molecule has 2 saturated heterocycles. The Hall–Kier alpha value is -1.87. The minimum Gasteiger partial charge on any atom is -0.872 e. The average Bonchev–Trinajstić information content (AvgIpc) is 3.97. The molecule has 2 aliphatic rings. The van der Waals surface area contributed by atoms with Crippen molar-refractivity contribution in [3.63, 3.8) is 0 Å². The molecule has 8 nitrogen and oxygen atoms in total. The van der Waals surface area contributed by atoms with Crippen LogP contribution in [-0.2, 0) is 118 Å². The molecular weight excluding hydrogens is 1070 g/mol. The van der Waals surface area contributed by atoms with Gasteiger partial charge in [0.25, 0.3) is 0 Å². The standard InChI is InChI=1S/4C14H22O.2C4H8O.2H2O.2Y/c4*1-13(2,3)10-8-7-9-11(12(10)15)14(4,5)6;2*1-2-4-5-3-1;;;;/h4*7-9,15H,1-6H3;2*1-4H2;2*1H2;;/q;;;;;;;;2*+3/p-6. The zero-order valence-electron chi connectivity index (χ0n) is 51.1. The molecule has 74 heavy (non-hydrogen) atoms. The number of benzene rings is 4. The summed E-state index contributed by atoms with van der Waals surface area (Å²) in [7, 11) is 0. The van der Waals surface area contributed by atoms with Crippen LogP contribution >= 0.6 is 0 Å². The fourth-order valence-corrected chi connectivity index (χ4v) is 7.89. The van der Waals surface area contributed by atoms with Crippen molar-refractivity contribution in [2.24, 2.45) is 0 Å². The summed E-state index contributed by atoms with van der Waals surface area (Å²) in [6.45, 7) is 53.9. The summed E-state index contributed by atoms with van der Waals surface area (Å²) < 4.78 is 9.89. The van der Waals surface area contributed by atoms with E-state index in [0.717, 1.165) is 70.9 Å². The van der Waals surface area contributed by atoms with Gasteiger partial charge in [-0.15, -0.1) is 23.0 Å². The molecule has 0 saturated carbocycles. The SMILES string of the molecule is C1CCOC1.C1CCOC1.CC(C)(C)c1cccc(C(C)(C)C)c1[O-].CC(C)(C)c1cccc(C(C)(C)C)c1[O-].CC(C)(C)c1cccc(C(C)(C)C)c1[O-].CC(C)(C)c1cccc(C(C)(C)C)c1[O-].[OH-].[OH-].[Y+3].[Y+3]. The van der Waals surface area contributed by atoms with Crippen LogP contribution in [-0.4, -0.2) is 37.4 Å². The Labute approximate surface area is 503 Å². The second-order valence-electron chi connectivity index (χ2n) is 27.4. The molecule has 2 fully saturated rings. The normalized spacial score (nSPS) is 13.7. The molecule has 10 heteroatoms. The third-order valence-corrected chi connectivity index (χ3v) is 12.2. The van der Waals surface area contributed by atoms with Gasteiger partial charge in [-0.2, -0.15) is 0 Å². The van der Waals surface area contributed by atoms with Gasteiger partial charge in [0.05, 0.1) is 0 Å². The van der Waals surface area contributed by atoms with Crippen LogP contribution in [0, 0.1) is 0 Å². The van der Waals surface area contributed by atoms with E-state index < -0.39 is 0 Å². The molecule has 6 rings (SSSR count). The van der Waals surface area contributed by atoms with Crippen molar-refractivity contribution >= 4 is 0 Å². The molecule has 2 heterocycles. The molecule has 0 aromatic heterocycles. The second-order valence-corrected chi connectivity index (χ2v) is 27.4. The van der Waals surface area contributed by atoms with E-state index >= 15 is 0 Å². The minimum atomic E-state index is -0.0711. The van der Waals surface area contributed by atoms with E-state index in [2.05, 4.69) is 166 Å². The number of hydrogen-bond acceptors (Lipinski definition) is 8. The van der Waals surface area contributed by atoms with Gasteiger partial charge in [-0.25, -0.2) is 0 Å². The monoisotopic (exact) mass is 1180 g/mol. The maximum absolute atomic E-state index is 12.3. The predicted octanol–water partition coefficient (Wildman–Crippen LogP) is 14.7. The Balaban J connectivity index is -0.000000407. The first kappa shape index (κ1) is 78.6. The van der Waals surface area contributed by atoms with Gasteiger partial charge in [-0.3, -0.25) is 0 Å². The zero-order chi connectivity index (χ0) is 54.5. The number of ether oxygens (including phenoxy) is 2. The first-order valence-corrected chi connectivity index (χ1v) is 25.9. The number of rotatable bonds is 0. The third kappa shape index (κ3) is 26.7. The first-order chi connectivity index (χ1) is 31.6. The van der Waals surface area contributed by atoms with Gasteiger partial charge >= 0.3 is 65.4 Å². The number of para-hydroxylation sites is 4. The molecule has 412 valence electrons. The average molecular weight is 1180 g/mol. The Morgan fingerprint density at radius 3 is 0.432 bits per heavy atom. The largest absolute Gasteiger partial charge is 3.00 e. The van der Waals surface area contributed by atoms with Crippen molar-refractivity contribution in [1.82, 2.24) is 0 Å². The van der Waals surface area contributed by atoms with Crippen molar-refractivity contribution in [3.8, 4) is 23.0 Å². The van der Waals surface area contributed by atoms with E-state index in [9.17, 15) is 20.4 Å². The van der Waals surface area contributed by atoms with Crippen LogP contribution in [0.15, 0.2) is 72.8 Å². The van der Waals surface area contributed by atoms with Crippen LogP contribution in [0.1, 0.15) is 236 Å². The molecule has 0 atom stereocenters.